The van der Waals surface area contributed by atoms with Gasteiger partial charge in [0, 0.05) is 22.5 Å². The monoisotopic (exact) mass is 425 g/mol. The molecule has 0 aromatic heterocycles. The van der Waals surface area contributed by atoms with Crippen LogP contribution in [0.1, 0.15) is 11.1 Å². The standard InChI is InChI=1S/C22H20BrNOS/c23-20-11-13-21(14-12-20)26-17-22(25)24(15-18-7-3-1-4-8-18)16-19-9-5-2-6-10-19/h1-14H,15-17H2. The molecule has 0 aliphatic carbocycles. The van der Waals surface area contributed by atoms with Gasteiger partial charge in [0.25, 0.3) is 0 Å². The van der Waals surface area contributed by atoms with Crippen molar-refractivity contribution in [3.8, 4) is 0 Å². The van der Waals surface area contributed by atoms with Crippen molar-refractivity contribution < 1.29 is 4.79 Å². The van der Waals surface area contributed by atoms with E-state index in [-0.39, 0.29) is 5.91 Å². The van der Waals surface area contributed by atoms with E-state index in [1.54, 1.807) is 11.8 Å². The van der Waals surface area contributed by atoms with Gasteiger partial charge in [-0.05, 0) is 35.4 Å². The van der Waals surface area contributed by atoms with Crippen molar-refractivity contribution in [3.05, 3.63) is 101 Å². The van der Waals surface area contributed by atoms with Gasteiger partial charge >= 0.3 is 0 Å². The third-order valence-electron chi connectivity index (χ3n) is 3.96. The van der Waals surface area contributed by atoms with Crippen LogP contribution in [0.4, 0.5) is 0 Å². The third kappa shape index (κ3) is 5.75. The van der Waals surface area contributed by atoms with Crippen molar-refractivity contribution in [2.24, 2.45) is 0 Å². The number of benzene rings is 3. The van der Waals surface area contributed by atoms with E-state index in [9.17, 15) is 4.79 Å². The normalized spacial score (nSPS) is 10.5. The fraction of sp³-hybridized carbons (Fsp3) is 0.136. The topological polar surface area (TPSA) is 20.3 Å². The number of thioether (sulfide) groups is 1. The molecule has 4 heteroatoms. The zero-order valence-corrected chi connectivity index (χ0v) is 16.7. The van der Waals surface area contributed by atoms with Crippen LogP contribution in [0, 0.1) is 0 Å². The van der Waals surface area contributed by atoms with Crippen molar-refractivity contribution in [1.82, 2.24) is 4.90 Å². The van der Waals surface area contributed by atoms with Gasteiger partial charge in [-0.3, -0.25) is 4.79 Å². The van der Waals surface area contributed by atoms with Crippen molar-refractivity contribution in [2.45, 2.75) is 18.0 Å². The van der Waals surface area contributed by atoms with E-state index in [0.717, 1.165) is 20.5 Å². The van der Waals surface area contributed by atoms with Crippen LogP contribution in [0.5, 0.6) is 0 Å². The first-order chi connectivity index (χ1) is 12.7. The first-order valence-corrected chi connectivity index (χ1v) is 10.2. The van der Waals surface area contributed by atoms with Crippen LogP contribution in [-0.4, -0.2) is 16.6 Å². The van der Waals surface area contributed by atoms with E-state index in [2.05, 4.69) is 40.2 Å². The lowest BCUT2D eigenvalue weighted by atomic mass is 10.1. The summed E-state index contributed by atoms with van der Waals surface area (Å²) in [4.78, 5) is 15.9. The minimum atomic E-state index is 0.144. The molecule has 0 fully saturated rings. The molecular weight excluding hydrogens is 406 g/mol. The number of hydrogen-bond acceptors (Lipinski definition) is 2. The van der Waals surface area contributed by atoms with Gasteiger partial charge in [0.1, 0.15) is 0 Å². The van der Waals surface area contributed by atoms with Gasteiger partial charge in [0.15, 0.2) is 0 Å². The molecule has 0 radical (unpaired) electrons. The smallest absolute Gasteiger partial charge is 0.233 e. The van der Waals surface area contributed by atoms with E-state index < -0.39 is 0 Å². The van der Waals surface area contributed by atoms with Crippen LogP contribution in [0.15, 0.2) is 94.3 Å². The maximum atomic E-state index is 12.9. The lowest BCUT2D eigenvalue weighted by Crippen LogP contribution is -2.31. The highest BCUT2D eigenvalue weighted by molar-refractivity contribution is 9.10. The molecule has 0 saturated heterocycles. The summed E-state index contributed by atoms with van der Waals surface area (Å²) in [6, 6.07) is 28.3. The maximum absolute atomic E-state index is 12.9. The van der Waals surface area contributed by atoms with Gasteiger partial charge in [-0.2, -0.15) is 0 Å². The molecule has 3 aromatic rings. The lowest BCUT2D eigenvalue weighted by Gasteiger charge is -2.23. The van der Waals surface area contributed by atoms with Crippen molar-refractivity contribution in [2.75, 3.05) is 5.75 Å². The van der Waals surface area contributed by atoms with Crippen LogP contribution < -0.4 is 0 Å². The third-order valence-corrected chi connectivity index (χ3v) is 5.49. The van der Waals surface area contributed by atoms with Crippen molar-refractivity contribution in [1.29, 1.82) is 0 Å². The first-order valence-electron chi connectivity index (χ1n) is 8.45. The summed E-state index contributed by atoms with van der Waals surface area (Å²) in [5, 5.41) is 0. The highest BCUT2D eigenvalue weighted by Crippen LogP contribution is 2.22. The molecule has 0 atom stereocenters. The molecule has 0 saturated carbocycles. The van der Waals surface area contributed by atoms with Crippen LogP contribution in [0.25, 0.3) is 0 Å². The van der Waals surface area contributed by atoms with E-state index in [0.29, 0.717) is 18.8 Å². The Balaban J connectivity index is 1.68. The number of carbonyl (C=O) groups is 1. The predicted octanol–water partition coefficient (Wildman–Crippen LogP) is 5.77. The van der Waals surface area contributed by atoms with Crippen LogP contribution >= 0.6 is 27.7 Å². The quantitative estimate of drug-likeness (QED) is 0.447. The van der Waals surface area contributed by atoms with Gasteiger partial charge in [-0.15, -0.1) is 11.8 Å². The molecular formula is C22H20BrNOS. The van der Waals surface area contributed by atoms with E-state index in [1.807, 2.05) is 65.6 Å². The Morgan fingerprint density at radius 1 is 0.769 bits per heavy atom. The van der Waals surface area contributed by atoms with Crippen LogP contribution in [-0.2, 0) is 17.9 Å². The molecule has 0 heterocycles. The molecule has 0 N–H and O–H groups in total. The van der Waals surface area contributed by atoms with E-state index >= 15 is 0 Å². The largest absolute Gasteiger partial charge is 0.333 e. The fourth-order valence-electron chi connectivity index (χ4n) is 2.61. The number of rotatable bonds is 7. The Morgan fingerprint density at radius 2 is 1.27 bits per heavy atom. The van der Waals surface area contributed by atoms with Crippen molar-refractivity contribution in [3.63, 3.8) is 0 Å². The predicted molar refractivity (Wildman–Crippen MR) is 112 cm³/mol. The Bertz CT molecular complexity index is 780. The van der Waals surface area contributed by atoms with Gasteiger partial charge < -0.3 is 4.90 Å². The minimum absolute atomic E-state index is 0.144. The molecule has 0 unspecified atom stereocenters. The highest BCUT2D eigenvalue weighted by Gasteiger charge is 2.15. The molecule has 2 nitrogen and oxygen atoms in total. The number of carbonyl (C=O) groups excluding carboxylic acids is 1. The number of nitrogens with zero attached hydrogens (tertiary/aromatic N) is 1. The summed E-state index contributed by atoms with van der Waals surface area (Å²) >= 11 is 5.01. The number of hydrogen-bond donors (Lipinski definition) is 0. The Kier molecular flexibility index (Phi) is 6.92. The van der Waals surface area contributed by atoms with Crippen LogP contribution in [0.2, 0.25) is 0 Å². The van der Waals surface area contributed by atoms with Gasteiger partial charge in [0.2, 0.25) is 5.91 Å². The zero-order chi connectivity index (χ0) is 18.2. The molecule has 1 amide bonds. The van der Waals surface area contributed by atoms with Gasteiger partial charge in [-0.1, -0.05) is 76.6 Å². The maximum Gasteiger partial charge on any atom is 0.233 e. The molecule has 0 spiro atoms. The number of amides is 1. The molecule has 0 bridgehead atoms. The van der Waals surface area contributed by atoms with Crippen LogP contribution in [0.3, 0.4) is 0 Å². The first kappa shape index (κ1) is 18.7. The Morgan fingerprint density at radius 3 is 1.77 bits per heavy atom. The summed E-state index contributed by atoms with van der Waals surface area (Å²) in [7, 11) is 0. The lowest BCUT2D eigenvalue weighted by molar-refractivity contribution is -0.129. The highest BCUT2D eigenvalue weighted by atomic mass is 79.9. The second-order valence-electron chi connectivity index (χ2n) is 5.96. The molecule has 3 aromatic carbocycles. The summed E-state index contributed by atoms with van der Waals surface area (Å²) in [5.74, 6) is 0.576. The Labute approximate surface area is 167 Å². The molecule has 26 heavy (non-hydrogen) atoms. The second-order valence-corrected chi connectivity index (χ2v) is 7.93. The molecule has 132 valence electrons. The summed E-state index contributed by atoms with van der Waals surface area (Å²) in [6.07, 6.45) is 0. The number of halogens is 1. The average molecular weight is 426 g/mol. The van der Waals surface area contributed by atoms with E-state index in [4.69, 9.17) is 0 Å². The molecule has 0 aliphatic rings. The zero-order valence-electron chi connectivity index (χ0n) is 14.3. The minimum Gasteiger partial charge on any atom is -0.333 e. The van der Waals surface area contributed by atoms with E-state index in [1.165, 1.54) is 0 Å². The Hall–Kier alpha value is -2.04. The summed E-state index contributed by atoms with van der Waals surface area (Å²) < 4.78 is 1.04. The molecule has 0 aliphatic heterocycles. The summed E-state index contributed by atoms with van der Waals surface area (Å²) in [5.41, 5.74) is 2.29. The van der Waals surface area contributed by atoms with Crippen molar-refractivity contribution >= 4 is 33.6 Å². The molecule has 3 rings (SSSR count). The van der Waals surface area contributed by atoms with Gasteiger partial charge in [0.05, 0.1) is 5.75 Å². The average Bonchev–Trinajstić information content (AvgIpc) is 2.68. The fourth-order valence-corrected chi connectivity index (χ4v) is 3.67. The second kappa shape index (κ2) is 9.60. The SMILES string of the molecule is O=C(CSc1ccc(Br)cc1)N(Cc1ccccc1)Cc1ccccc1. The summed E-state index contributed by atoms with van der Waals surface area (Å²) in [6.45, 7) is 1.24. The van der Waals surface area contributed by atoms with Gasteiger partial charge in [-0.25, -0.2) is 0 Å².